The maximum atomic E-state index is 12.6. The first kappa shape index (κ1) is 9.20. The van der Waals surface area contributed by atoms with Gasteiger partial charge in [0.1, 0.15) is 0 Å². The highest BCUT2D eigenvalue weighted by atomic mass is 32.2. The molecule has 0 amide bonds. The monoisotopic (exact) mass is 343 g/mol. The Bertz CT molecular complexity index is 1030. The predicted octanol–water partition coefficient (Wildman–Crippen LogP) is 2.20. The van der Waals surface area contributed by atoms with Gasteiger partial charge in [-0.05, 0) is 56.5 Å². The average Bonchev–Trinajstić information content (AvgIpc) is 3.21. The SMILES string of the molecule is [2H]C([2H])([2H])N(C([2H])([2H])[2H])C([2H])([2H])Cc1c[nH]c2ccc(CS(=O)(=O)N3CCCC3)cc12. The first-order valence-electron chi connectivity index (χ1n) is 11.5. The number of aromatic amines is 1. The van der Waals surface area contributed by atoms with Gasteiger partial charge in [0.15, 0.2) is 0 Å². The van der Waals surface area contributed by atoms with Gasteiger partial charge in [-0.1, -0.05) is 6.07 Å². The van der Waals surface area contributed by atoms with Crippen LogP contribution in [0.5, 0.6) is 0 Å². The van der Waals surface area contributed by atoms with Crippen molar-refractivity contribution in [2.24, 2.45) is 0 Å². The Labute approximate surface area is 149 Å². The van der Waals surface area contributed by atoms with E-state index in [0.717, 1.165) is 12.8 Å². The minimum absolute atomic E-state index is 0.0759. The summed E-state index contributed by atoms with van der Waals surface area (Å²) in [6, 6.07) is 4.97. The summed E-state index contributed by atoms with van der Waals surface area (Å²) in [5.41, 5.74) is 1.49. The van der Waals surface area contributed by atoms with Crippen LogP contribution in [-0.2, 0) is 22.2 Å². The largest absolute Gasteiger partial charge is 0.361 e. The molecule has 0 bridgehead atoms. The molecule has 5 nitrogen and oxygen atoms in total. The fraction of sp³-hybridized carbons (Fsp3) is 0.529. The molecule has 1 aliphatic heterocycles. The lowest BCUT2D eigenvalue weighted by Crippen LogP contribution is -2.29. The lowest BCUT2D eigenvalue weighted by atomic mass is 10.1. The first-order chi connectivity index (χ1) is 14.1. The van der Waals surface area contributed by atoms with Crippen LogP contribution in [0.4, 0.5) is 0 Å². The maximum absolute atomic E-state index is 12.6. The van der Waals surface area contributed by atoms with Gasteiger partial charge in [-0.25, -0.2) is 12.7 Å². The van der Waals surface area contributed by atoms with Crippen LogP contribution in [0.3, 0.4) is 0 Å². The third kappa shape index (κ3) is 3.76. The minimum atomic E-state index is -3.47. The second kappa shape index (κ2) is 6.63. The van der Waals surface area contributed by atoms with Crippen molar-refractivity contribution in [2.45, 2.75) is 25.0 Å². The van der Waals surface area contributed by atoms with E-state index in [1.165, 1.54) is 10.5 Å². The molecule has 2 heterocycles. The molecule has 126 valence electrons. The first-order valence-corrected chi connectivity index (χ1v) is 9.09. The minimum Gasteiger partial charge on any atom is -0.361 e. The molecule has 1 fully saturated rings. The third-order valence-corrected chi connectivity index (χ3v) is 5.92. The number of hydrogen-bond acceptors (Lipinski definition) is 3. The molecule has 0 aliphatic carbocycles. The lowest BCUT2D eigenvalue weighted by molar-refractivity contribution is 0.414. The quantitative estimate of drug-likeness (QED) is 0.875. The van der Waals surface area contributed by atoms with E-state index in [2.05, 4.69) is 4.98 Å². The highest BCUT2D eigenvalue weighted by Gasteiger charge is 2.25. The van der Waals surface area contributed by atoms with E-state index in [1.807, 2.05) is 0 Å². The molecule has 3 rings (SSSR count). The summed E-state index contributed by atoms with van der Waals surface area (Å²) in [4.78, 5) is 2.87. The molecule has 0 radical (unpaired) electrons. The van der Waals surface area contributed by atoms with Crippen LogP contribution >= 0.6 is 0 Å². The molecule has 0 spiro atoms. The summed E-state index contributed by atoms with van der Waals surface area (Å²) in [6.07, 6.45) is 2.64. The maximum Gasteiger partial charge on any atom is 0.218 e. The topological polar surface area (TPSA) is 56.4 Å². The van der Waals surface area contributed by atoms with Crippen molar-refractivity contribution in [3.05, 3.63) is 35.5 Å². The van der Waals surface area contributed by atoms with E-state index in [9.17, 15) is 8.42 Å². The molecule has 1 saturated heterocycles. The number of aryl methyl sites for hydroxylation is 1. The number of fused-ring (bicyclic) bond motifs is 1. The molecule has 1 aromatic carbocycles. The Morgan fingerprint density at radius 3 is 2.87 bits per heavy atom. The Kier molecular flexibility index (Phi) is 2.65. The van der Waals surface area contributed by atoms with Crippen molar-refractivity contribution in [1.82, 2.24) is 14.2 Å². The highest BCUT2D eigenvalue weighted by molar-refractivity contribution is 7.88. The molecular weight excluding hydrogens is 310 g/mol. The van der Waals surface area contributed by atoms with Crippen LogP contribution in [0.15, 0.2) is 24.4 Å². The van der Waals surface area contributed by atoms with Crippen molar-refractivity contribution in [1.29, 1.82) is 0 Å². The molecule has 2 aromatic rings. The number of rotatable bonds is 6. The van der Waals surface area contributed by atoms with Crippen LogP contribution in [0.25, 0.3) is 10.9 Å². The van der Waals surface area contributed by atoms with E-state index in [4.69, 9.17) is 11.0 Å². The van der Waals surface area contributed by atoms with Crippen molar-refractivity contribution in [2.75, 3.05) is 33.5 Å². The van der Waals surface area contributed by atoms with Crippen molar-refractivity contribution < 1.29 is 19.4 Å². The average molecular weight is 344 g/mol. The van der Waals surface area contributed by atoms with Crippen molar-refractivity contribution in [3.8, 4) is 0 Å². The van der Waals surface area contributed by atoms with Gasteiger partial charge in [-0.15, -0.1) is 0 Å². The standard InChI is InChI=1S/C17H25N3O2S/c1-19(2)10-7-15-12-18-17-6-5-14(11-16(15)17)13-23(21,22)20-8-3-4-9-20/h5-6,11-12,18H,3-4,7-10,13H2,1-2H3/i1D3,2D3,10D2. The highest BCUT2D eigenvalue weighted by Crippen LogP contribution is 2.23. The second-order valence-electron chi connectivity index (χ2n) is 5.73. The van der Waals surface area contributed by atoms with Gasteiger partial charge in [0.05, 0.1) is 5.75 Å². The molecule has 1 aromatic heterocycles. The van der Waals surface area contributed by atoms with Gasteiger partial charge in [-0.3, -0.25) is 0 Å². The number of benzene rings is 1. The molecule has 0 saturated carbocycles. The van der Waals surface area contributed by atoms with Crippen LogP contribution in [0.1, 0.15) is 34.9 Å². The van der Waals surface area contributed by atoms with E-state index in [-0.39, 0.29) is 10.7 Å². The van der Waals surface area contributed by atoms with Crippen LogP contribution in [0.2, 0.25) is 0 Å². The summed E-state index contributed by atoms with van der Waals surface area (Å²) in [7, 11) is -3.47. The molecule has 1 aliphatic rings. The number of aromatic nitrogens is 1. The van der Waals surface area contributed by atoms with Gasteiger partial charge < -0.3 is 9.88 Å². The number of likely N-dealkylation sites (N-methyl/N-ethyl adjacent to an activating group) is 1. The van der Waals surface area contributed by atoms with Gasteiger partial charge in [0, 0.05) is 47.7 Å². The zero-order valence-corrected chi connectivity index (χ0v) is 13.5. The second-order valence-corrected chi connectivity index (χ2v) is 7.70. The lowest BCUT2D eigenvalue weighted by Gasteiger charge is -2.15. The molecule has 0 unspecified atom stereocenters. The fourth-order valence-corrected chi connectivity index (χ4v) is 4.49. The summed E-state index contributed by atoms with van der Waals surface area (Å²) >= 11 is 0. The van der Waals surface area contributed by atoms with Gasteiger partial charge in [0.25, 0.3) is 0 Å². The smallest absolute Gasteiger partial charge is 0.218 e. The van der Waals surface area contributed by atoms with Crippen LogP contribution < -0.4 is 0 Å². The summed E-state index contributed by atoms with van der Waals surface area (Å²) in [5.74, 6) is -0.197. The molecule has 0 atom stereocenters. The Hall–Kier alpha value is -1.37. The number of nitrogens with one attached hydrogen (secondary N) is 1. The van der Waals surface area contributed by atoms with Crippen molar-refractivity contribution in [3.63, 3.8) is 0 Å². The predicted molar refractivity (Wildman–Crippen MR) is 94.0 cm³/mol. The number of nitrogens with zero attached hydrogens (tertiary/aromatic N) is 2. The number of sulfonamides is 1. The Morgan fingerprint density at radius 1 is 1.35 bits per heavy atom. The molecular formula is C17H25N3O2S. The van der Waals surface area contributed by atoms with E-state index >= 15 is 0 Å². The molecule has 6 heteroatoms. The van der Waals surface area contributed by atoms with Gasteiger partial charge in [-0.2, -0.15) is 0 Å². The molecule has 1 N–H and O–H groups in total. The zero-order valence-electron chi connectivity index (χ0n) is 20.7. The number of H-pyrrole nitrogens is 1. The normalized spacial score (nSPS) is 23.5. The fourth-order valence-electron chi connectivity index (χ4n) is 2.89. The summed E-state index contributed by atoms with van der Waals surface area (Å²) in [5, 5.41) is 0.522. The summed E-state index contributed by atoms with van der Waals surface area (Å²) < 4.78 is 88.1. The van der Waals surface area contributed by atoms with Crippen molar-refractivity contribution >= 4 is 20.9 Å². The van der Waals surface area contributed by atoms with Gasteiger partial charge in [0.2, 0.25) is 10.0 Å². The summed E-state index contributed by atoms with van der Waals surface area (Å²) in [6.45, 7) is -8.05. The zero-order chi connectivity index (χ0) is 23.2. The van der Waals surface area contributed by atoms with Gasteiger partial charge >= 0.3 is 0 Å². The Balaban J connectivity index is 1.92. The Morgan fingerprint density at radius 2 is 2.13 bits per heavy atom. The van der Waals surface area contributed by atoms with E-state index in [1.54, 1.807) is 18.2 Å². The van der Waals surface area contributed by atoms with Crippen LogP contribution in [0, 0.1) is 0 Å². The van der Waals surface area contributed by atoms with E-state index in [0.29, 0.717) is 35.1 Å². The third-order valence-electron chi connectivity index (χ3n) is 4.07. The molecule has 23 heavy (non-hydrogen) atoms. The van der Waals surface area contributed by atoms with Crippen LogP contribution in [-0.4, -0.2) is 56.1 Å². The van der Waals surface area contributed by atoms with E-state index < -0.39 is 36.9 Å². The number of hydrogen-bond donors (Lipinski definition) is 1.